The Bertz CT molecular complexity index is 1260. The predicted octanol–water partition coefficient (Wildman–Crippen LogP) is 0.618. The largest absolute Gasteiger partial charge is 0.481 e. The Balaban J connectivity index is 1.71. The molecule has 13 nitrogen and oxygen atoms in total. The lowest BCUT2D eigenvalue weighted by atomic mass is 10.1. The highest BCUT2D eigenvalue weighted by molar-refractivity contribution is 5.96. The summed E-state index contributed by atoms with van der Waals surface area (Å²) in [5, 5.41) is 21.2. The Morgan fingerprint density at radius 1 is 1.24 bits per heavy atom. The number of rotatable bonds is 9. The van der Waals surface area contributed by atoms with Crippen molar-refractivity contribution >= 4 is 40.6 Å². The number of fused-ring (bicyclic) bond motifs is 1. The summed E-state index contributed by atoms with van der Waals surface area (Å²) in [6.07, 6.45) is 1.01. The summed E-state index contributed by atoms with van der Waals surface area (Å²) in [5.74, 6) is -2.31. The molecule has 0 amide bonds. The second kappa shape index (κ2) is 10.2. The molecule has 0 saturated heterocycles. The third kappa shape index (κ3) is 6.00. The van der Waals surface area contributed by atoms with E-state index in [1.807, 2.05) is 0 Å². The number of aliphatic imine (C=N–C) groups is 1. The molecular formula is C20H21N7O6. The molecule has 13 heteroatoms. The van der Waals surface area contributed by atoms with Crippen LogP contribution in [0.4, 0.5) is 11.6 Å². The average Bonchev–Trinajstić information content (AvgIpc) is 2.78. The summed E-state index contributed by atoms with van der Waals surface area (Å²) in [5.41, 5.74) is 6.98. The van der Waals surface area contributed by atoms with E-state index in [-0.39, 0.29) is 42.4 Å². The summed E-state index contributed by atoms with van der Waals surface area (Å²) in [7, 11) is 1.35. The molecule has 33 heavy (non-hydrogen) atoms. The average molecular weight is 455 g/mol. The lowest BCUT2D eigenvalue weighted by Gasteiger charge is -2.11. The summed E-state index contributed by atoms with van der Waals surface area (Å²) in [6, 6.07) is 5.54. The number of H-pyrrole nitrogens is 1. The van der Waals surface area contributed by atoms with E-state index < -0.39 is 23.5 Å². The second-order valence-electron chi connectivity index (χ2n) is 6.84. The first-order valence-electron chi connectivity index (χ1n) is 9.69. The van der Waals surface area contributed by atoms with Crippen molar-refractivity contribution in [2.75, 3.05) is 18.2 Å². The number of nitrogens with two attached hydrogens (primary N) is 1. The van der Waals surface area contributed by atoms with E-state index in [9.17, 15) is 19.5 Å². The molecule has 0 spiro atoms. The number of nitrogens with one attached hydrogen (secondary N) is 2. The summed E-state index contributed by atoms with van der Waals surface area (Å²) in [6.45, 7) is 0.271. The maximum absolute atomic E-state index is 11.9. The van der Waals surface area contributed by atoms with Crippen LogP contribution in [0.3, 0.4) is 0 Å². The Morgan fingerprint density at radius 3 is 2.61 bits per heavy atom. The van der Waals surface area contributed by atoms with Crippen LogP contribution < -0.4 is 16.6 Å². The number of nitrogen functional groups attached to an aromatic ring is 1. The minimum Gasteiger partial charge on any atom is -0.481 e. The second-order valence-corrected chi connectivity index (χ2v) is 6.84. The molecule has 6 N–H and O–H groups in total. The van der Waals surface area contributed by atoms with Gasteiger partial charge in [0.25, 0.3) is 0 Å². The fraction of sp³-hybridized carbons (Fsp3) is 0.250. The predicted molar refractivity (Wildman–Crippen MR) is 118 cm³/mol. The highest BCUT2D eigenvalue weighted by Gasteiger charge is 2.19. The number of anilines is 2. The van der Waals surface area contributed by atoms with Gasteiger partial charge in [0.05, 0.1) is 25.5 Å². The van der Waals surface area contributed by atoms with Gasteiger partial charge in [0.2, 0.25) is 11.8 Å². The van der Waals surface area contributed by atoms with Crippen molar-refractivity contribution in [3.05, 3.63) is 52.1 Å². The molecule has 0 saturated carbocycles. The van der Waals surface area contributed by atoms with Gasteiger partial charge in [0.15, 0.2) is 17.2 Å². The molecule has 0 aliphatic heterocycles. The number of carbonyl (C=O) groups is 2. The van der Waals surface area contributed by atoms with Crippen LogP contribution in [-0.4, -0.2) is 61.1 Å². The first kappa shape index (κ1) is 23.1. The number of ether oxygens (including phenoxy) is 1. The van der Waals surface area contributed by atoms with Crippen LogP contribution in [-0.2, 0) is 20.9 Å². The zero-order valence-electron chi connectivity index (χ0n) is 17.5. The van der Waals surface area contributed by atoms with Crippen molar-refractivity contribution in [3.63, 3.8) is 0 Å². The van der Waals surface area contributed by atoms with Crippen molar-refractivity contribution in [2.24, 2.45) is 4.99 Å². The Hall–Kier alpha value is -4.55. The molecule has 0 radical (unpaired) electrons. The molecule has 2 heterocycles. The van der Waals surface area contributed by atoms with E-state index in [0.29, 0.717) is 16.9 Å². The molecule has 172 valence electrons. The van der Waals surface area contributed by atoms with Crippen molar-refractivity contribution in [1.82, 2.24) is 19.9 Å². The number of benzene rings is 1. The van der Waals surface area contributed by atoms with Gasteiger partial charge in [-0.25, -0.2) is 19.8 Å². The van der Waals surface area contributed by atoms with Gasteiger partial charge in [-0.3, -0.25) is 9.59 Å². The van der Waals surface area contributed by atoms with Crippen molar-refractivity contribution in [1.29, 1.82) is 0 Å². The van der Waals surface area contributed by atoms with E-state index in [4.69, 9.17) is 15.6 Å². The van der Waals surface area contributed by atoms with Gasteiger partial charge >= 0.3 is 17.5 Å². The van der Waals surface area contributed by atoms with E-state index in [1.54, 1.807) is 24.3 Å². The first-order chi connectivity index (χ1) is 15.8. The monoisotopic (exact) mass is 455 g/mol. The van der Waals surface area contributed by atoms with E-state index in [1.165, 1.54) is 13.3 Å². The minimum atomic E-state index is -1.24. The van der Waals surface area contributed by atoms with Gasteiger partial charge in [0.1, 0.15) is 0 Å². The van der Waals surface area contributed by atoms with Gasteiger partial charge in [-0.05, 0) is 30.7 Å². The molecule has 0 aliphatic carbocycles. The normalized spacial score (nSPS) is 12.3. The molecule has 0 aliphatic rings. The lowest BCUT2D eigenvalue weighted by Crippen LogP contribution is -2.22. The van der Waals surface area contributed by atoms with Gasteiger partial charge in [0, 0.05) is 17.7 Å². The van der Waals surface area contributed by atoms with Crippen LogP contribution in [0, 0.1) is 0 Å². The van der Waals surface area contributed by atoms with Gasteiger partial charge < -0.3 is 31.0 Å². The van der Waals surface area contributed by atoms with Crippen LogP contribution in [0.15, 0.2) is 40.2 Å². The van der Waals surface area contributed by atoms with Crippen LogP contribution in [0.25, 0.3) is 11.2 Å². The number of methoxy groups -OCH3 is 1. The SMILES string of the molecule is CO/C(=N\C(CCC(=O)O)C(=O)O)c1ccc(NCc2cnc3[nH]c(N)nc(=O)c3n2)cc1. The Kier molecular flexibility index (Phi) is 7.13. The quantitative estimate of drug-likeness (QED) is 0.223. The topological polar surface area (TPSA) is 206 Å². The number of nitrogens with zero attached hydrogens (tertiary/aromatic N) is 4. The molecule has 1 atom stereocenters. The fourth-order valence-electron chi connectivity index (χ4n) is 2.88. The number of aromatic nitrogens is 4. The summed E-state index contributed by atoms with van der Waals surface area (Å²) >= 11 is 0. The Morgan fingerprint density at radius 2 is 1.97 bits per heavy atom. The number of hydrogen-bond donors (Lipinski definition) is 5. The number of aromatic amines is 1. The van der Waals surface area contributed by atoms with Gasteiger partial charge in [-0.15, -0.1) is 0 Å². The van der Waals surface area contributed by atoms with Crippen molar-refractivity contribution in [3.8, 4) is 0 Å². The van der Waals surface area contributed by atoms with E-state index in [0.717, 1.165) is 0 Å². The molecule has 1 aromatic carbocycles. The zero-order valence-corrected chi connectivity index (χ0v) is 17.5. The van der Waals surface area contributed by atoms with Crippen molar-refractivity contribution < 1.29 is 24.5 Å². The van der Waals surface area contributed by atoms with Gasteiger partial charge in [-0.1, -0.05) is 0 Å². The minimum absolute atomic E-state index is 0.0386. The summed E-state index contributed by atoms with van der Waals surface area (Å²) < 4.78 is 5.21. The van der Waals surface area contributed by atoms with Gasteiger partial charge in [-0.2, -0.15) is 4.98 Å². The van der Waals surface area contributed by atoms with Crippen LogP contribution in [0.2, 0.25) is 0 Å². The molecule has 1 unspecified atom stereocenters. The number of carboxylic acids is 2. The smallest absolute Gasteiger partial charge is 0.328 e. The molecule has 0 fully saturated rings. The maximum atomic E-state index is 11.9. The maximum Gasteiger partial charge on any atom is 0.328 e. The highest BCUT2D eigenvalue weighted by atomic mass is 16.5. The number of aliphatic carboxylic acids is 2. The molecule has 0 bridgehead atoms. The number of hydrogen-bond acceptors (Lipinski definition) is 10. The fourth-order valence-corrected chi connectivity index (χ4v) is 2.88. The van der Waals surface area contributed by atoms with E-state index >= 15 is 0 Å². The molecular weight excluding hydrogens is 434 g/mol. The standard InChI is InChI=1S/C20H21N7O6/c1-33-18(25-13(19(31)32)6-7-14(28)29)10-2-4-11(5-3-10)22-8-12-9-23-16-15(24-12)17(30)27-20(21)26-16/h2-5,9,13,22H,6-8H2,1H3,(H,28,29)(H,31,32)(H3,21,23,26,27,30)/b25-18-. The molecule has 3 rings (SSSR count). The first-order valence-corrected chi connectivity index (χ1v) is 9.69. The van der Waals surface area contributed by atoms with Crippen LogP contribution >= 0.6 is 0 Å². The van der Waals surface area contributed by atoms with Crippen LogP contribution in [0.5, 0.6) is 0 Å². The zero-order chi connectivity index (χ0) is 24.0. The van der Waals surface area contributed by atoms with Crippen molar-refractivity contribution in [2.45, 2.75) is 25.4 Å². The molecule has 3 aromatic rings. The Labute approximate surface area is 186 Å². The lowest BCUT2D eigenvalue weighted by molar-refractivity contribution is -0.139. The third-order valence-electron chi connectivity index (χ3n) is 4.48. The van der Waals surface area contributed by atoms with E-state index in [2.05, 4.69) is 30.2 Å². The van der Waals surface area contributed by atoms with Crippen LogP contribution in [0.1, 0.15) is 24.1 Å². The highest BCUT2D eigenvalue weighted by Crippen LogP contribution is 2.14. The molecule has 2 aromatic heterocycles. The third-order valence-corrected chi connectivity index (χ3v) is 4.48. The summed E-state index contributed by atoms with van der Waals surface area (Å²) in [4.78, 5) is 52.7. The number of carboxylic acid groups (broad SMARTS) is 2.